The molecule has 2 rings (SSSR count). The van der Waals surface area contributed by atoms with Gasteiger partial charge in [-0.15, -0.1) is 0 Å². The molecule has 1 fully saturated rings. The highest BCUT2D eigenvalue weighted by Crippen LogP contribution is 2.36. The summed E-state index contributed by atoms with van der Waals surface area (Å²) in [6.07, 6.45) is 0.415. The number of hydrogen-bond donors (Lipinski definition) is 1. The number of likely N-dealkylation sites (tertiary alicyclic amines) is 1. The Morgan fingerprint density at radius 1 is 1.47 bits per heavy atom. The largest absolute Gasteiger partial charge is 0.494 e. The molecular formula is C11H10ClNO2. The lowest BCUT2D eigenvalue weighted by Crippen LogP contribution is -2.45. The van der Waals surface area contributed by atoms with Crippen LogP contribution in [0.15, 0.2) is 41.8 Å². The van der Waals surface area contributed by atoms with Crippen LogP contribution in [0, 0.1) is 0 Å². The molecule has 1 aliphatic heterocycles. The molecule has 0 radical (unpaired) electrons. The van der Waals surface area contributed by atoms with Crippen LogP contribution in [0.1, 0.15) is 18.0 Å². The summed E-state index contributed by atoms with van der Waals surface area (Å²) >= 11 is 5.37. The van der Waals surface area contributed by atoms with Crippen molar-refractivity contribution in [3.8, 4) is 0 Å². The molecule has 1 amide bonds. The van der Waals surface area contributed by atoms with Crippen LogP contribution in [0.25, 0.3) is 0 Å². The van der Waals surface area contributed by atoms with Gasteiger partial charge in [0, 0.05) is 0 Å². The predicted octanol–water partition coefficient (Wildman–Crippen LogP) is 2.56. The Labute approximate surface area is 92.6 Å². The maximum absolute atomic E-state index is 11.3. The van der Waals surface area contributed by atoms with Crippen molar-refractivity contribution in [2.24, 2.45) is 0 Å². The minimum atomic E-state index is -0.193. The molecule has 3 nitrogen and oxygen atoms in total. The van der Waals surface area contributed by atoms with Gasteiger partial charge in [0.15, 0.2) is 0 Å². The topological polar surface area (TPSA) is 40.5 Å². The van der Waals surface area contributed by atoms with Crippen molar-refractivity contribution in [2.45, 2.75) is 12.5 Å². The second-order valence-electron chi connectivity index (χ2n) is 3.36. The zero-order valence-electron chi connectivity index (χ0n) is 7.93. The molecule has 1 aromatic rings. The van der Waals surface area contributed by atoms with E-state index >= 15 is 0 Å². The minimum Gasteiger partial charge on any atom is -0.494 e. The molecule has 0 aromatic heterocycles. The van der Waals surface area contributed by atoms with Gasteiger partial charge in [-0.25, -0.2) is 0 Å². The number of nitrogens with zero attached hydrogens (tertiary/aromatic N) is 1. The van der Waals surface area contributed by atoms with E-state index in [-0.39, 0.29) is 17.8 Å². The van der Waals surface area contributed by atoms with Crippen molar-refractivity contribution in [2.75, 3.05) is 0 Å². The summed E-state index contributed by atoms with van der Waals surface area (Å²) < 4.78 is 0. The van der Waals surface area contributed by atoms with E-state index in [4.69, 9.17) is 11.6 Å². The third-order valence-corrected chi connectivity index (χ3v) is 2.67. The third kappa shape index (κ3) is 1.70. The van der Waals surface area contributed by atoms with E-state index in [1.165, 1.54) is 4.90 Å². The second kappa shape index (κ2) is 3.95. The number of halogens is 1. The fourth-order valence-corrected chi connectivity index (χ4v) is 1.80. The molecule has 0 aliphatic carbocycles. The molecule has 1 aromatic carbocycles. The number of carbonyl (C=O) groups excluding carboxylic acids is 1. The molecule has 78 valence electrons. The molecule has 4 heteroatoms. The number of hydrogen-bond acceptors (Lipinski definition) is 2. The average molecular weight is 224 g/mol. The molecule has 0 saturated carbocycles. The van der Waals surface area contributed by atoms with E-state index in [1.807, 2.05) is 30.3 Å². The molecule has 0 spiro atoms. The first-order valence-electron chi connectivity index (χ1n) is 4.60. The summed E-state index contributed by atoms with van der Waals surface area (Å²) in [4.78, 5) is 12.6. The smallest absolute Gasteiger partial charge is 0.232 e. The molecule has 1 atom stereocenters. The van der Waals surface area contributed by atoms with E-state index in [2.05, 4.69) is 0 Å². The predicted molar refractivity (Wildman–Crippen MR) is 57.2 cm³/mol. The van der Waals surface area contributed by atoms with Crippen LogP contribution in [0.4, 0.5) is 0 Å². The lowest BCUT2D eigenvalue weighted by atomic mass is 9.94. The van der Waals surface area contributed by atoms with Gasteiger partial charge >= 0.3 is 0 Å². The van der Waals surface area contributed by atoms with Crippen LogP contribution in [-0.4, -0.2) is 15.9 Å². The molecule has 0 unspecified atom stereocenters. The minimum absolute atomic E-state index is 0.0892. The molecule has 0 bridgehead atoms. The van der Waals surface area contributed by atoms with Gasteiger partial charge in [0.1, 0.15) is 0 Å². The van der Waals surface area contributed by atoms with Gasteiger partial charge in [0.25, 0.3) is 0 Å². The first kappa shape index (κ1) is 10.1. The van der Waals surface area contributed by atoms with Crippen molar-refractivity contribution in [1.82, 2.24) is 4.90 Å². The van der Waals surface area contributed by atoms with Gasteiger partial charge in [-0.05, 0) is 5.56 Å². The lowest BCUT2D eigenvalue weighted by molar-refractivity contribution is -0.146. The molecule has 1 heterocycles. The summed E-state index contributed by atoms with van der Waals surface area (Å²) in [6, 6.07) is 9.46. The number of rotatable bonds is 2. The van der Waals surface area contributed by atoms with Crippen molar-refractivity contribution >= 4 is 17.5 Å². The van der Waals surface area contributed by atoms with E-state index in [0.717, 1.165) is 11.1 Å². The summed E-state index contributed by atoms with van der Waals surface area (Å²) in [5.41, 5.74) is 2.01. The Kier molecular flexibility index (Phi) is 2.64. The fraction of sp³-hybridized carbons (Fsp3) is 0.182. The fourth-order valence-electron chi connectivity index (χ4n) is 1.70. The van der Waals surface area contributed by atoms with E-state index < -0.39 is 0 Å². The highest BCUT2D eigenvalue weighted by Gasteiger charge is 2.39. The number of β-lactam (4-membered cyclic amide) rings is 1. The third-order valence-electron chi connectivity index (χ3n) is 2.48. The molecular weight excluding hydrogens is 214 g/mol. The average Bonchev–Trinajstić information content (AvgIpc) is 2.26. The van der Waals surface area contributed by atoms with Crippen LogP contribution in [0.3, 0.4) is 0 Å². The molecule has 15 heavy (non-hydrogen) atoms. The quantitative estimate of drug-likeness (QED) is 0.618. The zero-order valence-corrected chi connectivity index (χ0v) is 8.69. The van der Waals surface area contributed by atoms with Crippen molar-refractivity contribution in [3.05, 3.63) is 47.3 Å². The van der Waals surface area contributed by atoms with Gasteiger partial charge in [0.2, 0.25) is 11.8 Å². The van der Waals surface area contributed by atoms with Crippen molar-refractivity contribution in [3.63, 3.8) is 0 Å². The first-order valence-corrected chi connectivity index (χ1v) is 5.04. The summed E-state index contributed by atoms with van der Waals surface area (Å²) in [5.74, 6) is -0.306. The van der Waals surface area contributed by atoms with Crippen molar-refractivity contribution < 1.29 is 9.90 Å². The Hall–Kier alpha value is -1.48. The molecule has 1 saturated heterocycles. The Bertz CT molecular complexity index is 402. The lowest BCUT2D eigenvalue weighted by Gasteiger charge is -2.39. The summed E-state index contributed by atoms with van der Waals surface area (Å²) in [5, 5.41) is 9.41. The summed E-state index contributed by atoms with van der Waals surface area (Å²) in [6.45, 7) is 0. The van der Waals surface area contributed by atoms with Crippen LogP contribution in [0.2, 0.25) is 0 Å². The SMILES string of the molecule is O=C1C[C@@H](c2ccccc2)N1/C(O)=C/Cl. The Morgan fingerprint density at radius 3 is 2.67 bits per heavy atom. The van der Waals surface area contributed by atoms with Crippen molar-refractivity contribution in [1.29, 1.82) is 0 Å². The van der Waals surface area contributed by atoms with E-state index in [0.29, 0.717) is 6.42 Å². The Balaban J connectivity index is 2.23. The zero-order chi connectivity index (χ0) is 10.8. The highest BCUT2D eigenvalue weighted by atomic mass is 35.5. The van der Waals surface area contributed by atoms with Gasteiger partial charge in [-0.2, -0.15) is 0 Å². The standard InChI is InChI=1S/C11H10ClNO2/c12-7-11(15)13-9(6-10(13)14)8-4-2-1-3-5-8/h1-5,7,9,15H,6H2/b11-7-/t9-/m0/s1. The number of carbonyl (C=O) groups is 1. The number of amides is 1. The van der Waals surface area contributed by atoms with Crippen LogP contribution >= 0.6 is 11.6 Å². The Morgan fingerprint density at radius 2 is 2.13 bits per heavy atom. The number of aliphatic hydroxyl groups excluding tert-OH is 1. The van der Waals surface area contributed by atoms with E-state index in [1.54, 1.807) is 0 Å². The monoisotopic (exact) mass is 223 g/mol. The van der Waals surface area contributed by atoms with Crippen LogP contribution in [-0.2, 0) is 4.79 Å². The maximum Gasteiger partial charge on any atom is 0.232 e. The van der Waals surface area contributed by atoms with Gasteiger partial charge in [0.05, 0.1) is 18.0 Å². The second-order valence-corrected chi connectivity index (χ2v) is 3.58. The normalized spacial score (nSPS) is 21.4. The highest BCUT2D eigenvalue weighted by molar-refractivity contribution is 6.25. The number of aliphatic hydroxyl groups is 1. The van der Waals surface area contributed by atoms with Crippen LogP contribution in [0.5, 0.6) is 0 Å². The summed E-state index contributed by atoms with van der Waals surface area (Å²) in [7, 11) is 0. The van der Waals surface area contributed by atoms with E-state index in [9.17, 15) is 9.90 Å². The first-order chi connectivity index (χ1) is 7.24. The number of benzene rings is 1. The van der Waals surface area contributed by atoms with Crippen LogP contribution < -0.4 is 0 Å². The maximum atomic E-state index is 11.3. The van der Waals surface area contributed by atoms with Gasteiger partial charge in [-0.1, -0.05) is 41.9 Å². The van der Waals surface area contributed by atoms with Gasteiger partial charge < -0.3 is 5.11 Å². The molecule has 1 aliphatic rings. The molecule has 1 N–H and O–H groups in total. The van der Waals surface area contributed by atoms with Gasteiger partial charge in [-0.3, -0.25) is 9.69 Å².